The predicted molar refractivity (Wildman–Crippen MR) is 110 cm³/mol. The second-order valence-corrected chi connectivity index (χ2v) is 9.97. The number of fused-ring (bicyclic) bond motifs is 1. The van der Waals surface area contributed by atoms with Gasteiger partial charge in [0.1, 0.15) is 19.3 Å². The van der Waals surface area contributed by atoms with Crippen LogP contribution in [0, 0.1) is 5.92 Å². The number of sulfonamides is 1. The van der Waals surface area contributed by atoms with Crippen LogP contribution >= 0.6 is 11.8 Å². The first-order valence-corrected chi connectivity index (χ1v) is 12.5. The molecule has 2 aliphatic heterocycles. The van der Waals surface area contributed by atoms with Crippen molar-refractivity contribution in [2.24, 2.45) is 5.92 Å². The number of hydrogen-bond donors (Lipinski definition) is 1. The van der Waals surface area contributed by atoms with Crippen molar-refractivity contribution in [1.82, 2.24) is 9.62 Å². The molecular formula is C19H28N2O5S2. The van der Waals surface area contributed by atoms with Gasteiger partial charge in [0.05, 0.1) is 4.90 Å². The maximum Gasteiger partial charge on any atom is 0.241 e. The minimum atomic E-state index is -3.86. The van der Waals surface area contributed by atoms with Crippen molar-refractivity contribution < 1.29 is 22.7 Å². The molecule has 7 nitrogen and oxygen atoms in total. The smallest absolute Gasteiger partial charge is 0.241 e. The molecule has 2 heterocycles. The number of thioether (sulfide) groups is 1. The fourth-order valence-corrected chi connectivity index (χ4v) is 5.07. The number of piperidine rings is 1. The van der Waals surface area contributed by atoms with Crippen LogP contribution in [0.4, 0.5) is 0 Å². The Balaban J connectivity index is 1.76. The minimum absolute atomic E-state index is 0.0750. The Morgan fingerprint density at radius 2 is 1.93 bits per heavy atom. The third-order valence-electron chi connectivity index (χ3n) is 5.13. The molecule has 1 atom stereocenters. The summed E-state index contributed by atoms with van der Waals surface area (Å²) >= 11 is 1.59. The molecule has 0 saturated carbocycles. The average molecular weight is 429 g/mol. The molecular weight excluding hydrogens is 400 g/mol. The van der Waals surface area contributed by atoms with Crippen LogP contribution in [-0.2, 0) is 14.8 Å². The molecule has 0 spiro atoms. The summed E-state index contributed by atoms with van der Waals surface area (Å²) in [5.74, 6) is 2.10. The lowest BCUT2D eigenvalue weighted by Gasteiger charge is -2.33. The number of carbonyl (C=O) groups excluding carboxylic acids is 1. The van der Waals surface area contributed by atoms with E-state index in [1.165, 1.54) is 12.1 Å². The Morgan fingerprint density at radius 3 is 2.61 bits per heavy atom. The largest absolute Gasteiger partial charge is 0.486 e. The molecule has 1 aromatic rings. The van der Waals surface area contributed by atoms with Crippen LogP contribution in [-0.4, -0.2) is 63.6 Å². The topological polar surface area (TPSA) is 84.9 Å². The third-order valence-corrected chi connectivity index (χ3v) is 7.24. The van der Waals surface area contributed by atoms with Crippen molar-refractivity contribution in [3.8, 4) is 11.5 Å². The molecule has 1 aromatic carbocycles. The zero-order valence-electron chi connectivity index (χ0n) is 16.3. The van der Waals surface area contributed by atoms with Crippen molar-refractivity contribution in [3.05, 3.63) is 18.2 Å². The van der Waals surface area contributed by atoms with Gasteiger partial charge in [0, 0.05) is 19.2 Å². The normalized spacial score (nSPS) is 18.7. The van der Waals surface area contributed by atoms with Gasteiger partial charge in [0.25, 0.3) is 0 Å². The molecule has 1 N–H and O–H groups in total. The summed E-state index contributed by atoms with van der Waals surface area (Å²) in [6, 6.07) is 3.76. The predicted octanol–water partition coefficient (Wildman–Crippen LogP) is 2.12. The van der Waals surface area contributed by atoms with E-state index in [2.05, 4.69) is 11.6 Å². The van der Waals surface area contributed by atoms with Gasteiger partial charge < -0.3 is 14.4 Å². The van der Waals surface area contributed by atoms with E-state index >= 15 is 0 Å². The fourth-order valence-electron chi connectivity index (χ4n) is 3.36. The van der Waals surface area contributed by atoms with Crippen LogP contribution in [0.5, 0.6) is 11.5 Å². The number of hydrogen-bond acceptors (Lipinski definition) is 6. The van der Waals surface area contributed by atoms with Gasteiger partial charge in [-0.15, -0.1) is 0 Å². The molecule has 3 rings (SSSR count). The maximum atomic E-state index is 13.0. The Morgan fingerprint density at radius 1 is 1.25 bits per heavy atom. The molecule has 1 fully saturated rings. The Labute approximate surface area is 171 Å². The van der Waals surface area contributed by atoms with Gasteiger partial charge in [0.2, 0.25) is 15.9 Å². The van der Waals surface area contributed by atoms with Crippen molar-refractivity contribution >= 4 is 27.7 Å². The molecule has 28 heavy (non-hydrogen) atoms. The first kappa shape index (κ1) is 21.3. The van der Waals surface area contributed by atoms with Gasteiger partial charge in [-0.05, 0) is 49.3 Å². The lowest BCUT2D eigenvalue weighted by atomic mass is 9.98. The Hall–Kier alpha value is -1.45. The highest BCUT2D eigenvalue weighted by Gasteiger charge is 2.31. The van der Waals surface area contributed by atoms with Crippen LogP contribution in [0.15, 0.2) is 23.1 Å². The highest BCUT2D eigenvalue weighted by molar-refractivity contribution is 7.98. The summed E-state index contributed by atoms with van der Waals surface area (Å²) in [6.07, 6.45) is 4.31. The minimum Gasteiger partial charge on any atom is -0.486 e. The number of ether oxygens (including phenoxy) is 2. The zero-order chi connectivity index (χ0) is 20.1. The molecule has 0 aromatic heterocycles. The molecule has 1 amide bonds. The van der Waals surface area contributed by atoms with Gasteiger partial charge in [-0.3, -0.25) is 4.79 Å². The van der Waals surface area contributed by atoms with Crippen molar-refractivity contribution in [2.75, 3.05) is 38.3 Å². The van der Waals surface area contributed by atoms with Crippen LogP contribution in [0.3, 0.4) is 0 Å². The lowest BCUT2D eigenvalue weighted by Crippen LogP contribution is -2.50. The Bertz CT molecular complexity index is 792. The molecule has 0 radical (unpaired) electrons. The van der Waals surface area contributed by atoms with E-state index in [1.54, 1.807) is 22.7 Å². The number of benzene rings is 1. The SMILES string of the molecule is CSCC[C@H](NS(=O)(=O)c1ccc2c(c1)OCCO2)C(=O)N1CCC(C)CC1. The van der Waals surface area contributed by atoms with Gasteiger partial charge in [0.15, 0.2) is 11.5 Å². The van der Waals surface area contributed by atoms with E-state index in [-0.39, 0.29) is 10.8 Å². The summed E-state index contributed by atoms with van der Waals surface area (Å²) in [5, 5.41) is 0. The van der Waals surface area contributed by atoms with Crippen LogP contribution in [0.2, 0.25) is 0 Å². The van der Waals surface area contributed by atoms with Crippen molar-refractivity contribution in [2.45, 2.75) is 37.1 Å². The van der Waals surface area contributed by atoms with Gasteiger partial charge >= 0.3 is 0 Å². The number of nitrogens with one attached hydrogen (secondary N) is 1. The van der Waals surface area contributed by atoms with E-state index in [9.17, 15) is 13.2 Å². The number of amides is 1. The summed E-state index contributed by atoms with van der Waals surface area (Å²) in [7, 11) is -3.86. The molecule has 156 valence electrons. The highest BCUT2D eigenvalue weighted by atomic mass is 32.2. The number of rotatable bonds is 7. The number of carbonyl (C=O) groups is 1. The first-order chi connectivity index (χ1) is 13.4. The third kappa shape index (κ3) is 5.12. The van der Waals surface area contributed by atoms with E-state index in [4.69, 9.17) is 9.47 Å². The second-order valence-electron chi connectivity index (χ2n) is 7.27. The van der Waals surface area contributed by atoms with E-state index in [1.807, 2.05) is 6.26 Å². The molecule has 1 saturated heterocycles. The van der Waals surface area contributed by atoms with Gasteiger partial charge in [-0.25, -0.2) is 8.42 Å². The fraction of sp³-hybridized carbons (Fsp3) is 0.632. The summed E-state index contributed by atoms with van der Waals surface area (Å²) in [4.78, 5) is 14.9. The number of nitrogens with zero attached hydrogens (tertiary/aromatic N) is 1. The molecule has 9 heteroatoms. The highest BCUT2D eigenvalue weighted by Crippen LogP contribution is 2.32. The monoisotopic (exact) mass is 428 g/mol. The summed E-state index contributed by atoms with van der Waals surface area (Å²) < 4.78 is 39.5. The molecule has 0 aliphatic carbocycles. The van der Waals surface area contributed by atoms with Crippen molar-refractivity contribution in [1.29, 1.82) is 0 Å². The van der Waals surface area contributed by atoms with Crippen molar-refractivity contribution in [3.63, 3.8) is 0 Å². The maximum absolute atomic E-state index is 13.0. The first-order valence-electron chi connectivity index (χ1n) is 9.60. The van der Waals surface area contributed by atoms with E-state index < -0.39 is 16.1 Å². The van der Waals surface area contributed by atoms with E-state index in [0.29, 0.717) is 55.9 Å². The molecule has 0 unspecified atom stereocenters. The zero-order valence-corrected chi connectivity index (χ0v) is 18.0. The van der Waals surface area contributed by atoms with Gasteiger partial charge in [-0.2, -0.15) is 16.5 Å². The number of likely N-dealkylation sites (tertiary alicyclic amines) is 1. The lowest BCUT2D eigenvalue weighted by molar-refractivity contribution is -0.134. The summed E-state index contributed by atoms with van der Waals surface area (Å²) in [5.41, 5.74) is 0. The summed E-state index contributed by atoms with van der Waals surface area (Å²) in [6.45, 7) is 4.36. The standard InChI is InChI=1S/C19H28N2O5S2/c1-14-5-8-21(9-6-14)19(22)16(7-12-27-2)20-28(23,24)15-3-4-17-18(13-15)26-11-10-25-17/h3-4,13-14,16,20H,5-12H2,1-2H3/t16-/m0/s1. The quantitative estimate of drug-likeness (QED) is 0.716. The van der Waals surface area contributed by atoms with Crippen LogP contribution in [0.1, 0.15) is 26.2 Å². The second kappa shape index (κ2) is 9.37. The molecule has 0 bridgehead atoms. The molecule has 2 aliphatic rings. The average Bonchev–Trinajstić information content (AvgIpc) is 2.70. The van der Waals surface area contributed by atoms with Crippen LogP contribution in [0.25, 0.3) is 0 Å². The van der Waals surface area contributed by atoms with Gasteiger partial charge in [-0.1, -0.05) is 6.92 Å². The Kier molecular flexibility index (Phi) is 7.11. The van der Waals surface area contributed by atoms with Crippen LogP contribution < -0.4 is 14.2 Å². The van der Waals surface area contributed by atoms with E-state index in [0.717, 1.165) is 12.8 Å².